The van der Waals surface area contributed by atoms with Crippen LogP contribution in [0, 0.1) is 22.7 Å². The molecule has 3 heteroatoms. The summed E-state index contributed by atoms with van der Waals surface area (Å²) >= 11 is 0. The molecule has 0 aromatic heterocycles. The Morgan fingerprint density at radius 3 is 2.48 bits per heavy atom. The Bertz CT molecular complexity index is 575. The van der Waals surface area contributed by atoms with E-state index in [1.54, 1.807) is 12.1 Å². The molecule has 0 amide bonds. The number of hydrogen-bond acceptors (Lipinski definition) is 3. The number of benzene rings is 1. The zero-order valence-electron chi connectivity index (χ0n) is 12.9. The van der Waals surface area contributed by atoms with Gasteiger partial charge in [-0.3, -0.25) is 9.59 Å². The number of para-hydroxylation sites is 1. The first-order valence-corrected chi connectivity index (χ1v) is 7.66. The predicted molar refractivity (Wildman–Crippen MR) is 79.8 cm³/mol. The summed E-state index contributed by atoms with van der Waals surface area (Å²) in [6.07, 6.45) is 2.20. The summed E-state index contributed by atoms with van der Waals surface area (Å²) in [6.45, 7) is 6.41. The minimum absolute atomic E-state index is 0.0121. The minimum Gasteiger partial charge on any atom is -0.427 e. The van der Waals surface area contributed by atoms with E-state index in [4.69, 9.17) is 4.74 Å². The van der Waals surface area contributed by atoms with Crippen LogP contribution in [0.15, 0.2) is 30.3 Å². The molecule has 2 saturated carbocycles. The van der Waals surface area contributed by atoms with Gasteiger partial charge in [0.25, 0.3) is 0 Å². The lowest BCUT2D eigenvalue weighted by Gasteiger charge is -2.32. The van der Waals surface area contributed by atoms with Crippen LogP contribution in [0.1, 0.15) is 40.0 Å². The largest absolute Gasteiger partial charge is 0.427 e. The van der Waals surface area contributed by atoms with Crippen LogP contribution in [0.25, 0.3) is 0 Å². The quantitative estimate of drug-likeness (QED) is 0.629. The van der Waals surface area contributed by atoms with Gasteiger partial charge in [-0.15, -0.1) is 0 Å². The molecule has 1 aromatic carbocycles. The molecule has 0 spiro atoms. The smallest absolute Gasteiger partial charge is 0.311 e. The number of carbonyl (C=O) groups excluding carboxylic acids is 2. The van der Waals surface area contributed by atoms with E-state index in [2.05, 4.69) is 20.8 Å². The van der Waals surface area contributed by atoms with Crippen molar-refractivity contribution in [3.8, 4) is 5.75 Å². The topological polar surface area (TPSA) is 43.4 Å². The van der Waals surface area contributed by atoms with Gasteiger partial charge in [-0.2, -0.15) is 0 Å². The van der Waals surface area contributed by atoms with Crippen LogP contribution < -0.4 is 4.74 Å². The van der Waals surface area contributed by atoms with Crippen LogP contribution in [0.3, 0.4) is 0 Å². The average Bonchev–Trinajstić information content (AvgIpc) is 2.74. The molecule has 0 saturated heterocycles. The first kappa shape index (κ1) is 14.3. The molecular formula is C18H22O3. The molecule has 21 heavy (non-hydrogen) atoms. The van der Waals surface area contributed by atoms with Crippen molar-refractivity contribution >= 4 is 11.8 Å². The Morgan fingerprint density at radius 1 is 1.24 bits per heavy atom. The molecule has 3 rings (SSSR count). The van der Waals surface area contributed by atoms with E-state index in [0.717, 1.165) is 12.8 Å². The Morgan fingerprint density at radius 2 is 1.90 bits per heavy atom. The van der Waals surface area contributed by atoms with Crippen molar-refractivity contribution in [1.29, 1.82) is 0 Å². The normalized spacial score (nSPS) is 33.2. The third-order valence-corrected chi connectivity index (χ3v) is 6.03. The Labute approximate surface area is 125 Å². The molecule has 2 aliphatic rings. The van der Waals surface area contributed by atoms with Gasteiger partial charge in [0.2, 0.25) is 0 Å². The molecule has 3 nitrogen and oxygen atoms in total. The van der Waals surface area contributed by atoms with E-state index in [1.807, 2.05) is 18.2 Å². The van der Waals surface area contributed by atoms with Crippen molar-refractivity contribution in [2.75, 3.05) is 0 Å². The summed E-state index contributed by atoms with van der Waals surface area (Å²) < 4.78 is 5.34. The Hall–Kier alpha value is -1.64. The number of ether oxygens (including phenoxy) is 1. The monoisotopic (exact) mass is 286 g/mol. The molecule has 0 N–H and O–H groups in total. The van der Waals surface area contributed by atoms with Crippen molar-refractivity contribution in [3.63, 3.8) is 0 Å². The average molecular weight is 286 g/mol. The molecular weight excluding hydrogens is 264 g/mol. The van der Waals surface area contributed by atoms with E-state index in [1.165, 1.54) is 0 Å². The lowest BCUT2D eigenvalue weighted by atomic mass is 9.70. The van der Waals surface area contributed by atoms with Gasteiger partial charge < -0.3 is 4.74 Å². The summed E-state index contributed by atoms with van der Waals surface area (Å²) in [5, 5.41) is 0. The predicted octanol–water partition coefficient (Wildman–Crippen LogP) is 3.62. The zero-order valence-corrected chi connectivity index (χ0v) is 12.9. The third-order valence-electron chi connectivity index (χ3n) is 6.03. The second-order valence-electron chi connectivity index (χ2n) is 7.16. The lowest BCUT2D eigenvalue weighted by molar-refractivity contribution is -0.140. The third kappa shape index (κ3) is 2.02. The van der Waals surface area contributed by atoms with Crippen molar-refractivity contribution in [1.82, 2.24) is 0 Å². The standard InChI is InChI=1S/C18H22O3/c1-17(2)14-9-10-18(17,3)16(20)13(14)11-15(19)21-12-7-5-4-6-8-12/h4-8,13-14H,9-11H2,1-3H3. The molecule has 0 aliphatic heterocycles. The highest BCUT2D eigenvalue weighted by Gasteiger charge is 2.66. The van der Waals surface area contributed by atoms with Crippen molar-refractivity contribution in [2.45, 2.75) is 40.0 Å². The van der Waals surface area contributed by atoms with Crippen LogP contribution in [-0.4, -0.2) is 11.8 Å². The van der Waals surface area contributed by atoms with Crippen LogP contribution in [-0.2, 0) is 9.59 Å². The summed E-state index contributed by atoms with van der Waals surface area (Å²) in [5.74, 6) is 0.636. The van der Waals surface area contributed by atoms with Crippen LogP contribution in [0.2, 0.25) is 0 Å². The molecule has 0 radical (unpaired) electrons. The molecule has 2 aliphatic carbocycles. The Balaban J connectivity index is 1.72. The fourth-order valence-electron chi connectivity index (χ4n) is 4.35. The van der Waals surface area contributed by atoms with Crippen molar-refractivity contribution in [3.05, 3.63) is 30.3 Å². The summed E-state index contributed by atoms with van der Waals surface area (Å²) in [7, 11) is 0. The molecule has 3 atom stereocenters. The minimum atomic E-state index is -0.300. The van der Waals surface area contributed by atoms with E-state index in [-0.39, 0.29) is 34.9 Å². The molecule has 2 fully saturated rings. The van der Waals surface area contributed by atoms with E-state index < -0.39 is 0 Å². The fraction of sp³-hybridized carbons (Fsp3) is 0.556. The Kier molecular flexibility index (Phi) is 3.19. The van der Waals surface area contributed by atoms with Gasteiger partial charge in [-0.05, 0) is 36.3 Å². The molecule has 2 bridgehead atoms. The van der Waals surface area contributed by atoms with Crippen LogP contribution in [0.4, 0.5) is 0 Å². The number of fused-ring (bicyclic) bond motifs is 2. The van der Waals surface area contributed by atoms with E-state index in [0.29, 0.717) is 11.7 Å². The molecule has 0 heterocycles. The lowest BCUT2D eigenvalue weighted by Crippen LogP contribution is -2.34. The summed E-state index contributed by atoms with van der Waals surface area (Å²) in [5.41, 5.74) is -0.281. The van der Waals surface area contributed by atoms with Crippen LogP contribution in [0.5, 0.6) is 5.75 Å². The maximum absolute atomic E-state index is 12.7. The number of esters is 1. The SMILES string of the molecule is CC12CCC(C(CC(=O)Oc3ccccc3)C1=O)C2(C)C. The summed E-state index contributed by atoms with van der Waals surface area (Å²) in [4.78, 5) is 24.8. The second-order valence-corrected chi connectivity index (χ2v) is 7.16. The van der Waals surface area contributed by atoms with Gasteiger partial charge in [-0.25, -0.2) is 0 Å². The van der Waals surface area contributed by atoms with Gasteiger partial charge >= 0.3 is 5.97 Å². The maximum atomic E-state index is 12.7. The summed E-state index contributed by atoms with van der Waals surface area (Å²) in [6, 6.07) is 9.04. The first-order chi connectivity index (χ1) is 9.86. The van der Waals surface area contributed by atoms with Crippen molar-refractivity contribution in [2.24, 2.45) is 22.7 Å². The highest BCUT2D eigenvalue weighted by Crippen LogP contribution is 2.66. The van der Waals surface area contributed by atoms with Gasteiger partial charge in [0.1, 0.15) is 11.5 Å². The molecule has 1 aromatic rings. The molecule has 112 valence electrons. The maximum Gasteiger partial charge on any atom is 0.311 e. The number of Topliss-reactive ketones (excluding diaryl/α,β-unsaturated/α-hetero) is 1. The first-order valence-electron chi connectivity index (χ1n) is 7.66. The fourth-order valence-corrected chi connectivity index (χ4v) is 4.35. The van der Waals surface area contributed by atoms with E-state index in [9.17, 15) is 9.59 Å². The van der Waals surface area contributed by atoms with Gasteiger partial charge in [0.15, 0.2) is 0 Å². The zero-order chi connectivity index (χ0) is 15.3. The number of hydrogen-bond donors (Lipinski definition) is 0. The highest BCUT2D eigenvalue weighted by molar-refractivity contribution is 5.94. The number of rotatable bonds is 3. The van der Waals surface area contributed by atoms with E-state index >= 15 is 0 Å². The number of carbonyl (C=O) groups is 2. The highest BCUT2D eigenvalue weighted by atomic mass is 16.5. The second kappa shape index (κ2) is 4.69. The van der Waals surface area contributed by atoms with Gasteiger partial charge in [0.05, 0.1) is 6.42 Å². The number of ketones is 1. The molecule has 3 unspecified atom stereocenters. The van der Waals surface area contributed by atoms with Crippen LogP contribution >= 0.6 is 0 Å². The van der Waals surface area contributed by atoms with Crippen molar-refractivity contribution < 1.29 is 14.3 Å². The van der Waals surface area contributed by atoms with Gasteiger partial charge in [-0.1, -0.05) is 39.0 Å². The van der Waals surface area contributed by atoms with Gasteiger partial charge in [0, 0.05) is 11.3 Å².